The van der Waals surface area contributed by atoms with Crippen LogP contribution >= 0.6 is 0 Å². The van der Waals surface area contributed by atoms with Crippen LogP contribution < -0.4 is 4.90 Å². The number of oxazole rings is 1. The number of carbonyl (C=O) groups excluding carboxylic acids is 1. The molecule has 0 spiro atoms. The summed E-state index contributed by atoms with van der Waals surface area (Å²) >= 11 is 0. The van der Waals surface area contributed by atoms with Crippen LogP contribution in [0.2, 0.25) is 0 Å². The van der Waals surface area contributed by atoms with Crippen LogP contribution in [0, 0.1) is 6.92 Å². The molecule has 0 bridgehead atoms. The van der Waals surface area contributed by atoms with Crippen LogP contribution in [0.25, 0.3) is 11.1 Å². The van der Waals surface area contributed by atoms with E-state index in [4.69, 9.17) is 4.42 Å². The molecule has 1 aromatic carbocycles. The highest BCUT2D eigenvalue weighted by atomic mass is 19.4. The van der Waals surface area contributed by atoms with Gasteiger partial charge in [-0.2, -0.15) is 13.2 Å². The van der Waals surface area contributed by atoms with Gasteiger partial charge in [0, 0.05) is 19.7 Å². The van der Waals surface area contributed by atoms with E-state index in [1.54, 1.807) is 6.92 Å². The zero-order valence-electron chi connectivity index (χ0n) is 9.58. The zero-order valence-corrected chi connectivity index (χ0v) is 9.58. The number of benzene rings is 1. The summed E-state index contributed by atoms with van der Waals surface area (Å²) < 4.78 is 42.0. The van der Waals surface area contributed by atoms with Gasteiger partial charge in [-0.05, 0) is 18.2 Å². The molecule has 7 heteroatoms. The Labute approximate surface area is 100 Å². The van der Waals surface area contributed by atoms with Crippen LogP contribution in [0.15, 0.2) is 22.6 Å². The molecule has 0 saturated heterocycles. The number of fused-ring (bicyclic) bond motifs is 1. The molecule has 1 aromatic heterocycles. The predicted molar refractivity (Wildman–Crippen MR) is 58.2 cm³/mol. The smallest absolute Gasteiger partial charge is 0.441 e. The molecular weight excluding hydrogens is 249 g/mol. The summed E-state index contributed by atoms with van der Waals surface area (Å²) in [6.45, 7) is 1.63. The van der Waals surface area contributed by atoms with Gasteiger partial charge in [0.1, 0.15) is 5.52 Å². The van der Waals surface area contributed by atoms with Gasteiger partial charge in [-0.15, -0.1) is 0 Å². The third-order valence-electron chi connectivity index (χ3n) is 2.41. The Morgan fingerprint density at radius 2 is 2.06 bits per heavy atom. The van der Waals surface area contributed by atoms with E-state index in [1.807, 2.05) is 0 Å². The van der Waals surface area contributed by atoms with Crippen molar-refractivity contribution in [3.8, 4) is 0 Å². The molecule has 0 fully saturated rings. The Morgan fingerprint density at radius 3 is 2.67 bits per heavy atom. The topological polar surface area (TPSA) is 46.3 Å². The first-order valence-corrected chi connectivity index (χ1v) is 5.01. The number of halogens is 3. The van der Waals surface area contributed by atoms with Gasteiger partial charge in [0.2, 0.25) is 0 Å². The Kier molecular flexibility index (Phi) is 2.76. The SMILES string of the molecule is Cc1nc2cc(N(C)C(=O)C(F)(F)F)ccc2o1. The fourth-order valence-electron chi connectivity index (χ4n) is 1.55. The maximum Gasteiger partial charge on any atom is 0.471 e. The number of aromatic nitrogens is 1. The monoisotopic (exact) mass is 258 g/mol. The number of rotatable bonds is 1. The van der Waals surface area contributed by atoms with Crippen molar-refractivity contribution in [2.24, 2.45) is 0 Å². The molecule has 0 saturated carbocycles. The van der Waals surface area contributed by atoms with Crippen molar-refractivity contribution in [2.75, 3.05) is 11.9 Å². The van der Waals surface area contributed by atoms with Crippen LogP contribution in [0.5, 0.6) is 0 Å². The van der Waals surface area contributed by atoms with Gasteiger partial charge >= 0.3 is 12.1 Å². The normalized spacial score (nSPS) is 11.8. The third-order valence-corrected chi connectivity index (χ3v) is 2.41. The standard InChI is InChI=1S/C11H9F3N2O2/c1-6-15-8-5-7(3-4-9(8)18-6)16(2)10(17)11(12,13)14/h3-5H,1-2H3. The van der Waals surface area contributed by atoms with Gasteiger partial charge in [-0.3, -0.25) is 4.79 Å². The lowest BCUT2D eigenvalue weighted by Gasteiger charge is -2.18. The highest BCUT2D eigenvalue weighted by Crippen LogP contribution is 2.25. The molecule has 96 valence electrons. The van der Waals surface area contributed by atoms with Crippen molar-refractivity contribution >= 4 is 22.7 Å². The van der Waals surface area contributed by atoms with E-state index in [0.717, 1.165) is 7.05 Å². The second-order valence-electron chi connectivity index (χ2n) is 3.75. The number of hydrogen-bond donors (Lipinski definition) is 0. The lowest BCUT2D eigenvalue weighted by Crippen LogP contribution is -2.38. The van der Waals surface area contributed by atoms with Crippen molar-refractivity contribution < 1.29 is 22.4 Å². The number of aryl methyl sites for hydroxylation is 1. The molecule has 0 N–H and O–H groups in total. The highest BCUT2D eigenvalue weighted by Gasteiger charge is 2.41. The minimum Gasteiger partial charge on any atom is -0.441 e. The summed E-state index contributed by atoms with van der Waals surface area (Å²) in [6.07, 6.45) is -4.90. The van der Waals surface area contributed by atoms with Crippen LogP contribution in [0.3, 0.4) is 0 Å². The number of alkyl halides is 3. The van der Waals surface area contributed by atoms with Gasteiger partial charge < -0.3 is 9.32 Å². The van der Waals surface area contributed by atoms with Crippen LogP contribution in [0.1, 0.15) is 5.89 Å². The van der Waals surface area contributed by atoms with E-state index in [9.17, 15) is 18.0 Å². The van der Waals surface area contributed by atoms with Crippen molar-refractivity contribution in [3.05, 3.63) is 24.1 Å². The summed E-state index contributed by atoms with van der Waals surface area (Å²) in [6, 6.07) is 4.22. The van der Waals surface area contributed by atoms with E-state index >= 15 is 0 Å². The molecule has 0 aliphatic heterocycles. The van der Waals surface area contributed by atoms with Crippen LogP contribution in [-0.2, 0) is 4.79 Å². The number of nitrogens with zero attached hydrogens (tertiary/aromatic N) is 2. The number of hydrogen-bond acceptors (Lipinski definition) is 3. The summed E-state index contributed by atoms with van der Waals surface area (Å²) in [5.74, 6) is -1.52. The molecule has 0 unspecified atom stereocenters. The molecule has 18 heavy (non-hydrogen) atoms. The quantitative estimate of drug-likeness (QED) is 0.790. The molecule has 0 aliphatic rings. The molecule has 1 amide bonds. The molecule has 0 aliphatic carbocycles. The lowest BCUT2D eigenvalue weighted by atomic mass is 10.2. The second kappa shape index (κ2) is 4.01. The molecular formula is C11H9F3N2O2. The molecule has 0 atom stereocenters. The van der Waals surface area contributed by atoms with E-state index in [-0.39, 0.29) is 5.69 Å². The first-order valence-electron chi connectivity index (χ1n) is 5.01. The Balaban J connectivity index is 2.39. The minimum absolute atomic E-state index is 0.109. The third kappa shape index (κ3) is 2.15. The number of carbonyl (C=O) groups is 1. The van der Waals surface area contributed by atoms with Gasteiger partial charge in [-0.25, -0.2) is 4.98 Å². The van der Waals surface area contributed by atoms with Crippen molar-refractivity contribution in [1.29, 1.82) is 0 Å². The zero-order chi connectivity index (χ0) is 13.5. The summed E-state index contributed by atoms with van der Waals surface area (Å²) in [5, 5.41) is 0. The predicted octanol–water partition coefficient (Wildman–Crippen LogP) is 2.66. The molecule has 2 rings (SSSR count). The number of anilines is 1. The largest absolute Gasteiger partial charge is 0.471 e. The van der Waals surface area contributed by atoms with Gasteiger partial charge in [0.15, 0.2) is 11.5 Å². The second-order valence-corrected chi connectivity index (χ2v) is 3.75. The van der Waals surface area contributed by atoms with Crippen molar-refractivity contribution in [3.63, 3.8) is 0 Å². The average Bonchev–Trinajstić information content (AvgIpc) is 2.64. The maximum absolute atomic E-state index is 12.3. The Morgan fingerprint density at radius 1 is 1.39 bits per heavy atom. The van der Waals surface area contributed by atoms with E-state index in [2.05, 4.69) is 4.98 Å². The number of amides is 1. The molecule has 0 radical (unpaired) electrons. The highest BCUT2D eigenvalue weighted by molar-refractivity contribution is 5.98. The van der Waals surface area contributed by atoms with Crippen molar-refractivity contribution in [2.45, 2.75) is 13.1 Å². The lowest BCUT2D eigenvalue weighted by molar-refractivity contribution is -0.170. The summed E-state index contributed by atoms with van der Waals surface area (Å²) in [7, 11) is 1.06. The van der Waals surface area contributed by atoms with Gasteiger partial charge in [-0.1, -0.05) is 0 Å². The Bertz CT molecular complexity index is 604. The van der Waals surface area contributed by atoms with E-state index in [1.165, 1.54) is 18.2 Å². The first kappa shape index (κ1) is 12.4. The van der Waals surface area contributed by atoms with Crippen LogP contribution in [0.4, 0.5) is 18.9 Å². The first-order chi connectivity index (χ1) is 8.29. The Hall–Kier alpha value is -2.05. The average molecular weight is 258 g/mol. The van der Waals surface area contributed by atoms with Gasteiger partial charge in [0.25, 0.3) is 0 Å². The fourth-order valence-corrected chi connectivity index (χ4v) is 1.55. The summed E-state index contributed by atoms with van der Waals surface area (Å²) in [5.41, 5.74) is 0.981. The summed E-state index contributed by atoms with van der Waals surface area (Å²) in [4.78, 5) is 15.6. The van der Waals surface area contributed by atoms with Crippen molar-refractivity contribution in [1.82, 2.24) is 4.98 Å². The maximum atomic E-state index is 12.3. The van der Waals surface area contributed by atoms with E-state index < -0.39 is 12.1 Å². The van der Waals surface area contributed by atoms with Gasteiger partial charge in [0.05, 0.1) is 0 Å². The molecule has 2 aromatic rings. The van der Waals surface area contributed by atoms with E-state index in [0.29, 0.717) is 21.9 Å². The fraction of sp³-hybridized carbons (Fsp3) is 0.273. The molecule has 1 heterocycles. The van der Waals surface area contributed by atoms with Crippen LogP contribution in [-0.4, -0.2) is 24.1 Å². The molecule has 4 nitrogen and oxygen atoms in total. The minimum atomic E-state index is -4.90.